The number of pyridine rings is 2. The van der Waals surface area contributed by atoms with Crippen LogP contribution in [0.5, 0.6) is 11.6 Å². The van der Waals surface area contributed by atoms with Gasteiger partial charge in [0.2, 0.25) is 5.88 Å². The first-order valence-electron chi connectivity index (χ1n) is 13.1. The lowest BCUT2D eigenvalue weighted by atomic mass is 9.98. The molecule has 5 heterocycles. The summed E-state index contributed by atoms with van der Waals surface area (Å²) in [6.07, 6.45) is -1.44. The number of thiazole rings is 1. The molecule has 0 spiro atoms. The number of nitrogens with one attached hydrogen (secondary N) is 1. The third kappa shape index (κ3) is 5.19. The van der Waals surface area contributed by atoms with Crippen molar-refractivity contribution in [2.24, 2.45) is 7.05 Å². The van der Waals surface area contributed by atoms with Crippen LogP contribution in [0, 0.1) is 6.92 Å². The second-order valence-corrected chi connectivity index (χ2v) is 11.1. The number of carbonyl (C=O) groups is 2. The summed E-state index contributed by atoms with van der Waals surface area (Å²) >= 11 is 1.21. The molecule has 6 rings (SSSR count). The van der Waals surface area contributed by atoms with Crippen molar-refractivity contribution in [1.29, 1.82) is 0 Å². The molecule has 1 aliphatic rings. The number of aryl methyl sites for hydroxylation is 2. The number of hydrogen-bond donors (Lipinski definition) is 1. The Morgan fingerprint density at radius 1 is 1.00 bits per heavy atom. The lowest BCUT2D eigenvalue weighted by Crippen LogP contribution is -2.26. The molecular weight excluding hydrogens is 599 g/mol. The summed E-state index contributed by atoms with van der Waals surface area (Å²) in [6.45, 7) is 2.09. The third-order valence-electron chi connectivity index (χ3n) is 7.18. The van der Waals surface area contributed by atoms with Gasteiger partial charge in [-0.1, -0.05) is 11.3 Å². The highest BCUT2D eigenvalue weighted by Gasteiger charge is 2.35. The van der Waals surface area contributed by atoms with E-state index in [0.29, 0.717) is 39.0 Å². The number of hydrogen-bond acceptors (Lipinski definition) is 9. The average Bonchev–Trinajstić information content (AvgIpc) is 3.68. The van der Waals surface area contributed by atoms with Gasteiger partial charge in [0.25, 0.3) is 11.8 Å². The standard InChI is InChI=1S/C29H24F3N7O4S/c1-14-7-17(18-8-15-10-34-38(2)21(15)9-22(18)42-3)19(11-33-14)25(40)37-28-35-20-12-39(13-23(20)44-28)27(41)16-5-6-24(29(30,31)32)36-26(16)43-4/h5-11H,12-13H2,1-4H3,(H,35,37,40). The van der Waals surface area contributed by atoms with E-state index in [1.54, 1.807) is 18.0 Å². The molecule has 4 aromatic heterocycles. The second kappa shape index (κ2) is 10.9. The van der Waals surface area contributed by atoms with Gasteiger partial charge in [-0.05, 0) is 31.2 Å². The molecule has 0 aliphatic carbocycles. The number of benzene rings is 1. The summed E-state index contributed by atoms with van der Waals surface area (Å²) in [5.74, 6) is -0.822. The molecule has 1 aliphatic heterocycles. The lowest BCUT2D eigenvalue weighted by molar-refractivity contribution is -0.141. The van der Waals surface area contributed by atoms with E-state index >= 15 is 0 Å². The van der Waals surface area contributed by atoms with Crippen molar-refractivity contribution in [3.05, 3.63) is 75.8 Å². The fourth-order valence-corrected chi connectivity index (χ4v) is 5.99. The number of aromatic nitrogens is 5. The number of methoxy groups -OCH3 is 2. The number of nitrogens with zero attached hydrogens (tertiary/aromatic N) is 6. The van der Waals surface area contributed by atoms with Crippen LogP contribution in [0.2, 0.25) is 0 Å². The fourth-order valence-electron chi connectivity index (χ4n) is 5.01. The van der Waals surface area contributed by atoms with Gasteiger partial charge in [-0.25, -0.2) is 9.97 Å². The van der Waals surface area contributed by atoms with Crippen molar-refractivity contribution in [3.63, 3.8) is 0 Å². The Morgan fingerprint density at radius 2 is 1.80 bits per heavy atom. The monoisotopic (exact) mass is 623 g/mol. The quantitative estimate of drug-likeness (QED) is 0.272. The molecule has 226 valence electrons. The molecule has 5 aromatic rings. The second-order valence-electron chi connectivity index (χ2n) is 10.0. The number of halogens is 3. The summed E-state index contributed by atoms with van der Waals surface area (Å²) in [7, 11) is 4.54. The van der Waals surface area contributed by atoms with Crippen molar-refractivity contribution in [1.82, 2.24) is 29.6 Å². The highest BCUT2D eigenvalue weighted by Crippen LogP contribution is 2.38. The Kier molecular flexibility index (Phi) is 7.19. The number of carbonyl (C=O) groups excluding carboxylic acids is 2. The summed E-state index contributed by atoms with van der Waals surface area (Å²) in [5, 5.41) is 8.36. The van der Waals surface area contributed by atoms with Gasteiger partial charge in [0.1, 0.15) is 17.0 Å². The zero-order valence-electron chi connectivity index (χ0n) is 23.8. The summed E-state index contributed by atoms with van der Waals surface area (Å²) in [6, 6.07) is 7.38. The SMILES string of the molecule is COc1cc2c(cnn2C)cc1-c1cc(C)ncc1C(=O)Nc1nc2c(s1)CN(C(=O)c1ccc(C(F)(F)F)nc1OC)C2. The van der Waals surface area contributed by atoms with Gasteiger partial charge in [0.15, 0.2) is 5.13 Å². The van der Waals surface area contributed by atoms with E-state index in [1.165, 1.54) is 22.4 Å². The maximum atomic E-state index is 13.5. The van der Waals surface area contributed by atoms with Crippen LogP contribution in [0.3, 0.4) is 0 Å². The van der Waals surface area contributed by atoms with Crippen molar-refractivity contribution in [2.45, 2.75) is 26.2 Å². The van der Waals surface area contributed by atoms with Crippen LogP contribution in [0.1, 0.15) is 42.7 Å². The molecule has 0 radical (unpaired) electrons. The van der Waals surface area contributed by atoms with E-state index in [2.05, 4.69) is 25.4 Å². The van der Waals surface area contributed by atoms with E-state index in [4.69, 9.17) is 9.47 Å². The first-order valence-corrected chi connectivity index (χ1v) is 14.0. The Balaban J connectivity index is 1.22. The minimum absolute atomic E-state index is 0.0940. The molecule has 0 unspecified atom stereocenters. The molecule has 0 atom stereocenters. The smallest absolute Gasteiger partial charge is 0.433 e. The van der Waals surface area contributed by atoms with E-state index in [0.717, 1.165) is 35.0 Å². The Bertz CT molecular complexity index is 1930. The number of amides is 2. The van der Waals surface area contributed by atoms with Gasteiger partial charge >= 0.3 is 6.18 Å². The van der Waals surface area contributed by atoms with Crippen LogP contribution in [0.4, 0.5) is 18.3 Å². The van der Waals surface area contributed by atoms with Crippen molar-refractivity contribution < 1.29 is 32.2 Å². The molecular formula is C29H24F3N7O4S. The zero-order chi connectivity index (χ0) is 31.3. The molecule has 15 heteroatoms. The zero-order valence-corrected chi connectivity index (χ0v) is 24.6. The maximum Gasteiger partial charge on any atom is 0.433 e. The normalized spacial score (nSPS) is 12.8. The van der Waals surface area contributed by atoms with Crippen LogP contribution >= 0.6 is 11.3 Å². The molecule has 2 amide bonds. The van der Waals surface area contributed by atoms with Gasteiger partial charge in [0, 0.05) is 41.5 Å². The van der Waals surface area contributed by atoms with Gasteiger partial charge in [-0.15, -0.1) is 0 Å². The molecule has 0 bridgehead atoms. The molecule has 0 saturated carbocycles. The van der Waals surface area contributed by atoms with Gasteiger partial charge in [0.05, 0.1) is 55.2 Å². The molecule has 0 saturated heterocycles. The van der Waals surface area contributed by atoms with Crippen molar-refractivity contribution in [3.8, 4) is 22.8 Å². The van der Waals surface area contributed by atoms with Crippen molar-refractivity contribution in [2.75, 3.05) is 19.5 Å². The summed E-state index contributed by atoms with van der Waals surface area (Å²) in [4.78, 5) is 41.1. The van der Waals surface area contributed by atoms with Gasteiger partial charge < -0.3 is 14.4 Å². The number of ether oxygens (including phenoxy) is 2. The Morgan fingerprint density at radius 3 is 2.50 bits per heavy atom. The summed E-state index contributed by atoms with van der Waals surface area (Å²) < 4.78 is 51.6. The van der Waals surface area contributed by atoms with Crippen LogP contribution < -0.4 is 14.8 Å². The molecule has 44 heavy (non-hydrogen) atoms. The van der Waals surface area contributed by atoms with Gasteiger partial charge in [-0.3, -0.25) is 24.6 Å². The number of rotatable bonds is 6. The van der Waals surface area contributed by atoms with E-state index in [1.807, 2.05) is 32.2 Å². The highest BCUT2D eigenvalue weighted by molar-refractivity contribution is 7.16. The van der Waals surface area contributed by atoms with Crippen LogP contribution in [0.15, 0.2) is 42.7 Å². The van der Waals surface area contributed by atoms with Crippen LogP contribution in [0.25, 0.3) is 22.0 Å². The van der Waals surface area contributed by atoms with Crippen molar-refractivity contribution >= 4 is 39.2 Å². The first kappa shape index (κ1) is 29.0. The fraction of sp³-hybridized carbons (Fsp3) is 0.241. The van der Waals surface area contributed by atoms with E-state index in [9.17, 15) is 22.8 Å². The predicted molar refractivity (Wildman–Crippen MR) is 155 cm³/mol. The first-order chi connectivity index (χ1) is 21.0. The minimum Gasteiger partial charge on any atom is -0.496 e. The molecule has 0 fully saturated rings. The van der Waals surface area contributed by atoms with E-state index in [-0.39, 0.29) is 18.7 Å². The third-order valence-corrected chi connectivity index (χ3v) is 8.18. The molecule has 11 nitrogen and oxygen atoms in total. The topological polar surface area (TPSA) is 124 Å². The Labute approximate surface area is 252 Å². The Hall–Kier alpha value is -5.05. The molecule has 1 N–H and O–H groups in total. The lowest BCUT2D eigenvalue weighted by Gasteiger charge is -2.17. The van der Waals surface area contributed by atoms with E-state index < -0.39 is 29.6 Å². The number of fused-ring (bicyclic) bond motifs is 2. The molecule has 1 aromatic carbocycles. The minimum atomic E-state index is -4.67. The number of alkyl halides is 3. The van der Waals surface area contributed by atoms with Crippen LogP contribution in [-0.2, 0) is 26.3 Å². The largest absolute Gasteiger partial charge is 0.496 e. The predicted octanol–water partition coefficient (Wildman–Crippen LogP) is 5.24. The maximum absolute atomic E-state index is 13.5. The van der Waals surface area contributed by atoms with Crippen LogP contribution in [-0.4, -0.2) is 55.7 Å². The summed E-state index contributed by atoms with van der Waals surface area (Å²) in [5.41, 5.74) is 2.54. The number of anilines is 1. The highest BCUT2D eigenvalue weighted by atomic mass is 32.1. The van der Waals surface area contributed by atoms with Gasteiger partial charge in [-0.2, -0.15) is 18.3 Å². The average molecular weight is 624 g/mol.